The Bertz CT molecular complexity index is 830. The predicted octanol–water partition coefficient (Wildman–Crippen LogP) is 3.41. The highest BCUT2D eigenvalue weighted by molar-refractivity contribution is 9.10. The Labute approximate surface area is 167 Å². The molecule has 2 aromatic rings. The minimum atomic E-state index is -0.881. The van der Waals surface area contributed by atoms with Crippen LogP contribution in [0.15, 0.2) is 35.1 Å². The molecule has 0 fully saturated rings. The maximum atomic E-state index is 12.6. The Morgan fingerprint density at radius 2 is 2.04 bits per heavy atom. The molecule has 0 unspecified atom stereocenters. The first-order chi connectivity index (χ1) is 12.6. The maximum Gasteiger partial charge on any atom is 0.257 e. The number of hydrogen-bond donors (Lipinski definition) is 2. The smallest absolute Gasteiger partial charge is 0.257 e. The Balaban J connectivity index is 2.13. The fraction of sp³-hybridized carbons (Fsp3) is 0.421. The molecule has 0 bridgehead atoms. The van der Waals surface area contributed by atoms with Gasteiger partial charge in [-0.2, -0.15) is 5.10 Å². The minimum Gasteiger partial charge on any atom is -0.497 e. The van der Waals surface area contributed by atoms with Gasteiger partial charge in [-0.1, -0.05) is 13.8 Å². The molecule has 0 aliphatic rings. The molecule has 1 aromatic heterocycles. The minimum absolute atomic E-state index is 0.132. The summed E-state index contributed by atoms with van der Waals surface area (Å²) < 4.78 is 7.36. The molecule has 0 aliphatic carbocycles. The Hall–Kier alpha value is -2.35. The number of nitrogens with zero attached hydrogens (tertiary/aromatic N) is 2. The number of methoxy groups -OCH3 is 1. The summed E-state index contributed by atoms with van der Waals surface area (Å²) >= 11 is 3.37. The van der Waals surface area contributed by atoms with E-state index in [1.54, 1.807) is 50.0 Å². The van der Waals surface area contributed by atoms with Gasteiger partial charge in [-0.3, -0.25) is 14.3 Å². The van der Waals surface area contributed by atoms with Crippen LogP contribution < -0.4 is 15.4 Å². The summed E-state index contributed by atoms with van der Waals surface area (Å²) in [6.07, 6.45) is 3.16. The van der Waals surface area contributed by atoms with E-state index in [1.165, 1.54) is 6.20 Å². The van der Waals surface area contributed by atoms with E-state index in [0.717, 1.165) is 0 Å². The van der Waals surface area contributed by atoms with Gasteiger partial charge in [0.1, 0.15) is 11.3 Å². The molecule has 1 aromatic carbocycles. The molecule has 146 valence electrons. The van der Waals surface area contributed by atoms with Crippen molar-refractivity contribution in [3.8, 4) is 5.75 Å². The first-order valence-electron chi connectivity index (χ1n) is 8.63. The summed E-state index contributed by atoms with van der Waals surface area (Å²) in [4.78, 5) is 25.0. The van der Waals surface area contributed by atoms with E-state index in [9.17, 15) is 9.59 Å². The third-order valence-electron chi connectivity index (χ3n) is 4.06. The van der Waals surface area contributed by atoms with Crippen LogP contribution in [0, 0.1) is 5.92 Å². The monoisotopic (exact) mass is 436 g/mol. The predicted molar refractivity (Wildman–Crippen MR) is 108 cm³/mol. The van der Waals surface area contributed by atoms with Crippen molar-refractivity contribution < 1.29 is 14.3 Å². The molecule has 0 aliphatic heterocycles. The van der Waals surface area contributed by atoms with Gasteiger partial charge < -0.3 is 15.4 Å². The summed E-state index contributed by atoms with van der Waals surface area (Å²) in [5.41, 5.74) is 0.0597. The van der Waals surface area contributed by atoms with Gasteiger partial charge in [-0.05, 0) is 53.9 Å². The number of anilines is 1. The Kier molecular flexibility index (Phi) is 6.64. The van der Waals surface area contributed by atoms with Gasteiger partial charge in [0.05, 0.1) is 24.6 Å². The van der Waals surface area contributed by atoms with E-state index in [-0.39, 0.29) is 11.8 Å². The lowest BCUT2D eigenvalue weighted by Crippen LogP contribution is -2.45. The van der Waals surface area contributed by atoms with Gasteiger partial charge in [0.15, 0.2) is 0 Å². The van der Waals surface area contributed by atoms with Crippen molar-refractivity contribution in [2.45, 2.75) is 33.2 Å². The van der Waals surface area contributed by atoms with Crippen LogP contribution in [0.25, 0.3) is 0 Å². The van der Waals surface area contributed by atoms with Gasteiger partial charge in [0, 0.05) is 17.2 Å². The number of ether oxygens (including phenoxy) is 1. The van der Waals surface area contributed by atoms with E-state index in [0.29, 0.717) is 33.9 Å². The van der Waals surface area contributed by atoms with Gasteiger partial charge in [-0.15, -0.1) is 0 Å². The molecule has 2 amide bonds. The van der Waals surface area contributed by atoms with Crippen molar-refractivity contribution in [1.82, 2.24) is 15.1 Å². The van der Waals surface area contributed by atoms with Crippen molar-refractivity contribution in [3.05, 3.63) is 40.6 Å². The molecule has 2 rings (SSSR count). The molecule has 1 heterocycles. The third-order valence-corrected chi connectivity index (χ3v) is 4.75. The maximum absolute atomic E-state index is 12.6. The van der Waals surface area contributed by atoms with Gasteiger partial charge >= 0.3 is 0 Å². The third kappa shape index (κ3) is 5.09. The second-order valence-corrected chi connectivity index (χ2v) is 7.99. The fourth-order valence-corrected chi connectivity index (χ4v) is 2.74. The van der Waals surface area contributed by atoms with Crippen LogP contribution in [-0.4, -0.2) is 35.2 Å². The number of rotatable bonds is 7. The van der Waals surface area contributed by atoms with E-state index < -0.39 is 5.54 Å². The van der Waals surface area contributed by atoms with E-state index in [4.69, 9.17) is 4.74 Å². The lowest BCUT2D eigenvalue weighted by atomic mass is 10.0. The highest BCUT2D eigenvalue weighted by Crippen LogP contribution is 2.24. The second-order valence-electron chi connectivity index (χ2n) is 7.14. The number of amides is 2. The quantitative estimate of drug-likeness (QED) is 0.695. The highest BCUT2D eigenvalue weighted by Gasteiger charge is 2.30. The number of benzene rings is 1. The lowest BCUT2D eigenvalue weighted by Gasteiger charge is -2.24. The average molecular weight is 437 g/mol. The summed E-state index contributed by atoms with van der Waals surface area (Å²) in [6, 6.07) is 5.16. The van der Waals surface area contributed by atoms with E-state index >= 15 is 0 Å². The van der Waals surface area contributed by atoms with Gasteiger partial charge in [0.2, 0.25) is 5.91 Å². The zero-order valence-electron chi connectivity index (χ0n) is 16.2. The van der Waals surface area contributed by atoms with Crippen molar-refractivity contribution in [1.29, 1.82) is 0 Å². The van der Waals surface area contributed by atoms with Crippen LogP contribution >= 0.6 is 15.9 Å². The highest BCUT2D eigenvalue weighted by atomic mass is 79.9. The van der Waals surface area contributed by atoms with Gasteiger partial charge in [-0.25, -0.2) is 0 Å². The molecule has 0 spiro atoms. The van der Waals surface area contributed by atoms with Crippen molar-refractivity contribution >= 4 is 33.4 Å². The molecular weight excluding hydrogens is 412 g/mol. The van der Waals surface area contributed by atoms with E-state index in [2.05, 4.69) is 31.7 Å². The first kappa shape index (κ1) is 21.0. The molecular formula is C19H25BrN4O3. The number of halogens is 1. The fourth-order valence-electron chi connectivity index (χ4n) is 2.31. The summed E-state index contributed by atoms with van der Waals surface area (Å²) in [5.74, 6) is 0.510. The number of hydrogen-bond acceptors (Lipinski definition) is 4. The van der Waals surface area contributed by atoms with Crippen molar-refractivity contribution in [2.24, 2.45) is 5.92 Å². The number of carbonyl (C=O) groups excluding carboxylic acids is 2. The molecule has 0 saturated carbocycles. The van der Waals surface area contributed by atoms with E-state index in [1.807, 2.05) is 13.8 Å². The normalized spacial score (nSPS) is 11.4. The molecule has 7 nitrogen and oxygen atoms in total. The van der Waals surface area contributed by atoms with Crippen LogP contribution in [0.1, 0.15) is 38.1 Å². The largest absolute Gasteiger partial charge is 0.497 e. The molecule has 0 saturated heterocycles. The Morgan fingerprint density at radius 3 is 2.67 bits per heavy atom. The van der Waals surface area contributed by atoms with Crippen LogP contribution in [0.4, 0.5) is 5.69 Å². The van der Waals surface area contributed by atoms with Crippen LogP contribution in [-0.2, 0) is 10.3 Å². The number of carbonyl (C=O) groups is 2. The topological polar surface area (TPSA) is 85.2 Å². The SMILES string of the molecule is COc1ccc(Br)c(C(=O)Nc2cnn(C(C)(C)C(=O)NCC(C)C)c2)c1. The molecule has 27 heavy (non-hydrogen) atoms. The lowest BCUT2D eigenvalue weighted by molar-refractivity contribution is -0.129. The molecule has 2 N–H and O–H groups in total. The standard InChI is InChI=1S/C19H25BrN4O3/c1-12(2)9-21-18(26)19(3,4)24-11-13(10-22-24)23-17(25)15-8-14(27-5)6-7-16(15)20/h6-8,10-12H,9H2,1-5H3,(H,21,26)(H,23,25). The number of aromatic nitrogens is 2. The number of nitrogens with one attached hydrogen (secondary N) is 2. The molecule has 8 heteroatoms. The zero-order valence-corrected chi connectivity index (χ0v) is 17.8. The zero-order chi connectivity index (χ0) is 20.2. The summed E-state index contributed by atoms with van der Waals surface area (Å²) in [6.45, 7) is 8.22. The molecule has 0 radical (unpaired) electrons. The van der Waals surface area contributed by atoms with Crippen molar-refractivity contribution in [2.75, 3.05) is 19.0 Å². The second kappa shape index (κ2) is 8.56. The first-order valence-corrected chi connectivity index (χ1v) is 9.42. The van der Waals surface area contributed by atoms with Crippen LogP contribution in [0.2, 0.25) is 0 Å². The van der Waals surface area contributed by atoms with Crippen LogP contribution in [0.3, 0.4) is 0 Å². The Morgan fingerprint density at radius 1 is 1.33 bits per heavy atom. The molecule has 0 atom stereocenters. The summed E-state index contributed by atoms with van der Waals surface area (Å²) in [5, 5.41) is 9.95. The average Bonchev–Trinajstić information content (AvgIpc) is 3.09. The summed E-state index contributed by atoms with van der Waals surface area (Å²) in [7, 11) is 1.54. The van der Waals surface area contributed by atoms with Gasteiger partial charge in [0.25, 0.3) is 5.91 Å². The van der Waals surface area contributed by atoms with Crippen molar-refractivity contribution in [3.63, 3.8) is 0 Å². The van der Waals surface area contributed by atoms with Crippen LogP contribution in [0.5, 0.6) is 5.75 Å².